The standard InChI is InChI=1S/C37H27N/c1-37(2)33-14-8-6-12-29(33)31-23-36-32(22-34(31)37)30-13-7-9-15-35(30)38(36)28-19-18-25-16-17-26(20-27(25)21-28)24-10-4-3-5-11-24/h3-23H,1-2H3. The third-order valence-corrected chi connectivity index (χ3v) is 8.56. The second kappa shape index (κ2) is 7.69. The number of hydrogen-bond donors (Lipinski definition) is 0. The van der Waals surface area contributed by atoms with Crippen LogP contribution in [0.5, 0.6) is 0 Å². The number of rotatable bonds is 2. The molecule has 0 saturated heterocycles. The first-order valence-electron chi connectivity index (χ1n) is 13.4. The molecule has 0 unspecified atom stereocenters. The molecule has 1 heteroatoms. The molecule has 0 amide bonds. The van der Waals surface area contributed by atoms with Gasteiger partial charge in [-0.3, -0.25) is 0 Å². The van der Waals surface area contributed by atoms with E-state index in [1.165, 1.54) is 71.6 Å². The minimum absolute atomic E-state index is 0.0138. The first-order valence-corrected chi connectivity index (χ1v) is 13.4. The molecular weight excluding hydrogens is 458 g/mol. The zero-order valence-electron chi connectivity index (χ0n) is 21.6. The molecule has 0 saturated carbocycles. The van der Waals surface area contributed by atoms with Crippen LogP contribution in [-0.4, -0.2) is 4.57 Å². The van der Waals surface area contributed by atoms with Gasteiger partial charge in [0.1, 0.15) is 0 Å². The van der Waals surface area contributed by atoms with Crippen molar-refractivity contribution >= 4 is 32.6 Å². The molecule has 0 radical (unpaired) electrons. The molecule has 1 aliphatic carbocycles. The van der Waals surface area contributed by atoms with E-state index in [0.717, 1.165) is 0 Å². The molecule has 1 aromatic heterocycles. The van der Waals surface area contributed by atoms with Crippen molar-refractivity contribution in [3.63, 3.8) is 0 Å². The van der Waals surface area contributed by atoms with Crippen molar-refractivity contribution in [2.45, 2.75) is 19.3 Å². The van der Waals surface area contributed by atoms with Crippen LogP contribution in [0.2, 0.25) is 0 Å². The van der Waals surface area contributed by atoms with E-state index in [2.05, 4.69) is 146 Å². The first kappa shape index (κ1) is 21.5. The Kier molecular flexibility index (Phi) is 4.35. The summed E-state index contributed by atoms with van der Waals surface area (Å²) in [7, 11) is 0. The fourth-order valence-corrected chi connectivity index (χ4v) is 6.62. The summed E-state index contributed by atoms with van der Waals surface area (Å²) in [6.45, 7) is 4.71. The van der Waals surface area contributed by atoms with E-state index < -0.39 is 0 Å². The normalized spacial score (nSPS) is 13.7. The van der Waals surface area contributed by atoms with E-state index in [1.54, 1.807) is 0 Å². The Hall–Kier alpha value is -4.62. The highest BCUT2D eigenvalue weighted by Crippen LogP contribution is 2.50. The lowest BCUT2D eigenvalue weighted by Crippen LogP contribution is -2.14. The molecule has 0 aliphatic heterocycles. The fraction of sp³-hybridized carbons (Fsp3) is 0.0811. The minimum Gasteiger partial charge on any atom is -0.309 e. The van der Waals surface area contributed by atoms with Crippen LogP contribution in [0.15, 0.2) is 127 Å². The average Bonchev–Trinajstić information content (AvgIpc) is 3.40. The van der Waals surface area contributed by atoms with Gasteiger partial charge in [-0.2, -0.15) is 0 Å². The number of aromatic nitrogens is 1. The molecule has 38 heavy (non-hydrogen) atoms. The van der Waals surface area contributed by atoms with Crippen molar-refractivity contribution in [3.8, 4) is 27.9 Å². The van der Waals surface area contributed by atoms with E-state index in [1.807, 2.05) is 0 Å². The van der Waals surface area contributed by atoms with E-state index >= 15 is 0 Å². The number of para-hydroxylation sites is 1. The quantitative estimate of drug-likeness (QED) is 0.230. The lowest BCUT2D eigenvalue weighted by atomic mass is 9.82. The maximum absolute atomic E-state index is 2.46. The highest BCUT2D eigenvalue weighted by molar-refractivity contribution is 6.11. The number of benzene rings is 6. The molecule has 180 valence electrons. The van der Waals surface area contributed by atoms with Gasteiger partial charge in [-0.15, -0.1) is 0 Å². The molecule has 8 rings (SSSR count). The van der Waals surface area contributed by atoms with Crippen LogP contribution in [0.3, 0.4) is 0 Å². The predicted molar refractivity (Wildman–Crippen MR) is 161 cm³/mol. The second-order valence-electron chi connectivity index (χ2n) is 11.1. The Morgan fingerprint density at radius 1 is 0.474 bits per heavy atom. The summed E-state index contributed by atoms with van der Waals surface area (Å²) in [6.07, 6.45) is 0. The van der Waals surface area contributed by atoms with Gasteiger partial charge in [0.2, 0.25) is 0 Å². The largest absolute Gasteiger partial charge is 0.309 e. The van der Waals surface area contributed by atoms with Gasteiger partial charge in [0, 0.05) is 21.9 Å². The van der Waals surface area contributed by atoms with Gasteiger partial charge >= 0.3 is 0 Å². The van der Waals surface area contributed by atoms with Crippen LogP contribution in [0.25, 0.3) is 60.5 Å². The molecule has 7 aromatic rings. The molecule has 0 fully saturated rings. The van der Waals surface area contributed by atoms with Gasteiger partial charge in [-0.1, -0.05) is 105 Å². The van der Waals surface area contributed by atoms with Crippen LogP contribution in [0.1, 0.15) is 25.0 Å². The fourth-order valence-electron chi connectivity index (χ4n) is 6.62. The molecule has 6 aromatic carbocycles. The summed E-state index contributed by atoms with van der Waals surface area (Å²) in [6, 6.07) is 46.9. The SMILES string of the molecule is CC1(C)c2ccccc2-c2cc3c(cc21)c1ccccc1n3-c1ccc2ccc(-c3ccccc3)cc2c1. The Morgan fingerprint density at radius 2 is 1.24 bits per heavy atom. The van der Waals surface area contributed by atoms with Crippen molar-refractivity contribution in [2.24, 2.45) is 0 Å². The van der Waals surface area contributed by atoms with Crippen molar-refractivity contribution in [2.75, 3.05) is 0 Å². The van der Waals surface area contributed by atoms with Crippen molar-refractivity contribution in [1.29, 1.82) is 0 Å². The van der Waals surface area contributed by atoms with Crippen LogP contribution in [0, 0.1) is 0 Å². The number of hydrogen-bond acceptors (Lipinski definition) is 0. The monoisotopic (exact) mass is 485 g/mol. The maximum atomic E-state index is 2.46. The summed E-state index contributed by atoms with van der Waals surface area (Å²) in [5.41, 5.74) is 11.7. The zero-order valence-corrected chi connectivity index (χ0v) is 21.6. The Balaban J connectivity index is 1.41. The summed E-state index contributed by atoms with van der Waals surface area (Å²) in [5.74, 6) is 0. The zero-order chi connectivity index (χ0) is 25.4. The molecule has 0 bridgehead atoms. The Bertz CT molecular complexity index is 2040. The first-order chi connectivity index (χ1) is 18.6. The predicted octanol–water partition coefficient (Wildman–Crippen LogP) is 9.91. The van der Waals surface area contributed by atoms with Gasteiger partial charge < -0.3 is 4.57 Å². The summed E-state index contributed by atoms with van der Waals surface area (Å²) < 4.78 is 2.45. The van der Waals surface area contributed by atoms with Crippen LogP contribution in [-0.2, 0) is 5.41 Å². The Labute approximate surface area is 222 Å². The number of nitrogens with zero attached hydrogens (tertiary/aromatic N) is 1. The van der Waals surface area contributed by atoms with Crippen molar-refractivity contribution in [1.82, 2.24) is 4.57 Å². The summed E-state index contributed by atoms with van der Waals surface area (Å²) in [5, 5.41) is 5.13. The second-order valence-corrected chi connectivity index (χ2v) is 11.1. The van der Waals surface area contributed by atoms with E-state index in [-0.39, 0.29) is 5.41 Å². The minimum atomic E-state index is -0.0138. The maximum Gasteiger partial charge on any atom is 0.0547 e. The van der Waals surface area contributed by atoms with Gasteiger partial charge in [0.25, 0.3) is 0 Å². The van der Waals surface area contributed by atoms with Crippen LogP contribution in [0.4, 0.5) is 0 Å². The molecule has 0 N–H and O–H groups in total. The van der Waals surface area contributed by atoms with Gasteiger partial charge in [-0.05, 0) is 80.6 Å². The van der Waals surface area contributed by atoms with E-state index in [0.29, 0.717) is 0 Å². The van der Waals surface area contributed by atoms with Gasteiger partial charge in [0.05, 0.1) is 11.0 Å². The molecule has 1 heterocycles. The Morgan fingerprint density at radius 3 is 2.13 bits per heavy atom. The molecule has 0 spiro atoms. The van der Waals surface area contributed by atoms with Gasteiger partial charge in [-0.25, -0.2) is 0 Å². The van der Waals surface area contributed by atoms with Crippen LogP contribution < -0.4 is 0 Å². The topological polar surface area (TPSA) is 4.93 Å². The molecule has 0 atom stereocenters. The smallest absolute Gasteiger partial charge is 0.0547 e. The molecule has 1 aliphatic rings. The van der Waals surface area contributed by atoms with Crippen LogP contribution >= 0.6 is 0 Å². The highest BCUT2D eigenvalue weighted by Gasteiger charge is 2.36. The summed E-state index contributed by atoms with van der Waals surface area (Å²) in [4.78, 5) is 0. The lowest BCUT2D eigenvalue weighted by Gasteiger charge is -2.21. The third-order valence-electron chi connectivity index (χ3n) is 8.56. The summed E-state index contributed by atoms with van der Waals surface area (Å²) >= 11 is 0. The van der Waals surface area contributed by atoms with Crippen molar-refractivity contribution in [3.05, 3.63) is 139 Å². The lowest BCUT2D eigenvalue weighted by molar-refractivity contribution is 0.661. The van der Waals surface area contributed by atoms with Gasteiger partial charge in [0.15, 0.2) is 0 Å². The third kappa shape index (κ3) is 2.93. The number of fused-ring (bicyclic) bond motifs is 7. The van der Waals surface area contributed by atoms with E-state index in [9.17, 15) is 0 Å². The highest BCUT2D eigenvalue weighted by atomic mass is 15.0. The molecule has 1 nitrogen and oxygen atoms in total. The molecular formula is C37H27N. The average molecular weight is 486 g/mol. The van der Waals surface area contributed by atoms with E-state index in [4.69, 9.17) is 0 Å². The van der Waals surface area contributed by atoms with Crippen molar-refractivity contribution < 1.29 is 0 Å².